The second-order valence-corrected chi connectivity index (χ2v) is 3.84. The molecule has 0 aliphatic heterocycles. The molecule has 1 aliphatic carbocycles. The van der Waals surface area contributed by atoms with Crippen LogP contribution in [0.5, 0.6) is 0 Å². The maximum atomic E-state index is 3.80. The fourth-order valence-corrected chi connectivity index (χ4v) is 2.20. The van der Waals surface area contributed by atoms with Crippen molar-refractivity contribution in [3.8, 4) is 0 Å². The third-order valence-corrected chi connectivity index (χ3v) is 3.08. The third-order valence-electron chi connectivity index (χ3n) is 3.08. The normalized spacial score (nSPS) is 27.3. The summed E-state index contributed by atoms with van der Waals surface area (Å²) in [6.07, 6.45) is 4.77. The van der Waals surface area contributed by atoms with E-state index in [2.05, 4.69) is 23.7 Å². The number of hydrogen-bond acceptors (Lipinski definition) is 2. The van der Waals surface area contributed by atoms with E-state index >= 15 is 0 Å². The van der Waals surface area contributed by atoms with Gasteiger partial charge < -0.3 is 5.32 Å². The summed E-state index contributed by atoms with van der Waals surface area (Å²) in [7, 11) is 2.04. The van der Waals surface area contributed by atoms with Crippen LogP contribution in [-0.4, -0.2) is 37.6 Å². The minimum Gasteiger partial charge on any atom is -0.319 e. The highest BCUT2D eigenvalue weighted by molar-refractivity contribution is 4.91. The SMILES string of the molecule is C=CCN(CC)C1CCC1CNC. The Kier molecular flexibility index (Phi) is 4.46. The molecule has 0 heterocycles. The molecule has 2 heteroatoms. The molecule has 1 rings (SSSR count). The van der Waals surface area contributed by atoms with Gasteiger partial charge in [0.1, 0.15) is 0 Å². The Morgan fingerprint density at radius 1 is 1.54 bits per heavy atom. The van der Waals surface area contributed by atoms with Gasteiger partial charge in [-0.05, 0) is 38.9 Å². The number of hydrogen-bond donors (Lipinski definition) is 1. The zero-order valence-electron chi connectivity index (χ0n) is 8.92. The molecule has 1 saturated carbocycles. The molecule has 2 nitrogen and oxygen atoms in total. The van der Waals surface area contributed by atoms with E-state index in [0.29, 0.717) is 0 Å². The summed E-state index contributed by atoms with van der Waals surface area (Å²) >= 11 is 0. The summed E-state index contributed by atoms with van der Waals surface area (Å²) in [6, 6.07) is 0.801. The molecule has 1 fully saturated rings. The van der Waals surface area contributed by atoms with Gasteiger partial charge in [0.2, 0.25) is 0 Å². The summed E-state index contributed by atoms with van der Waals surface area (Å²) in [4.78, 5) is 2.53. The predicted molar refractivity (Wildman–Crippen MR) is 57.9 cm³/mol. The standard InChI is InChI=1S/C11H22N2/c1-4-8-13(5-2)11-7-6-10(11)9-12-3/h4,10-12H,1,5-9H2,2-3H3. The van der Waals surface area contributed by atoms with E-state index in [-0.39, 0.29) is 0 Å². The molecule has 2 atom stereocenters. The first-order valence-electron chi connectivity index (χ1n) is 5.33. The molecule has 13 heavy (non-hydrogen) atoms. The van der Waals surface area contributed by atoms with Gasteiger partial charge in [-0.15, -0.1) is 6.58 Å². The van der Waals surface area contributed by atoms with Gasteiger partial charge in [-0.3, -0.25) is 4.90 Å². The molecule has 0 spiro atoms. The van der Waals surface area contributed by atoms with Crippen LogP contribution < -0.4 is 5.32 Å². The van der Waals surface area contributed by atoms with Crippen LogP contribution in [0.3, 0.4) is 0 Å². The van der Waals surface area contributed by atoms with E-state index in [9.17, 15) is 0 Å². The number of likely N-dealkylation sites (N-methyl/N-ethyl adjacent to an activating group) is 1. The molecule has 1 N–H and O–H groups in total. The Labute approximate surface area is 82.0 Å². The van der Waals surface area contributed by atoms with Crippen LogP contribution in [0.2, 0.25) is 0 Å². The van der Waals surface area contributed by atoms with Crippen molar-refractivity contribution in [2.24, 2.45) is 5.92 Å². The zero-order valence-corrected chi connectivity index (χ0v) is 8.92. The lowest BCUT2D eigenvalue weighted by molar-refractivity contribution is 0.0772. The first-order chi connectivity index (χ1) is 6.33. The summed E-state index contributed by atoms with van der Waals surface area (Å²) in [5.74, 6) is 0.866. The average molecular weight is 182 g/mol. The summed E-state index contributed by atoms with van der Waals surface area (Å²) in [5.41, 5.74) is 0. The van der Waals surface area contributed by atoms with Crippen molar-refractivity contribution in [3.63, 3.8) is 0 Å². The van der Waals surface area contributed by atoms with E-state index in [0.717, 1.165) is 31.6 Å². The molecule has 0 aromatic carbocycles. The van der Waals surface area contributed by atoms with Crippen molar-refractivity contribution in [3.05, 3.63) is 12.7 Å². The smallest absolute Gasteiger partial charge is 0.0163 e. The number of nitrogens with one attached hydrogen (secondary N) is 1. The lowest BCUT2D eigenvalue weighted by Gasteiger charge is -2.43. The van der Waals surface area contributed by atoms with Gasteiger partial charge in [-0.1, -0.05) is 13.0 Å². The van der Waals surface area contributed by atoms with Gasteiger partial charge in [0.05, 0.1) is 0 Å². The molecule has 0 aromatic rings. The van der Waals surface area contributed by atoms with E-state index in [1.165, 1.54) is 12.8 Å². The number of nitrogens with zero attached hydrogens (tertiary/aromatic N) is 1. The molecule has 76 valence electrons. The Hall–Kier alpha value is -0.340. The zero-order chi connectivity index (χ0) is 9.68. The maximum absolute atomic E-state index is 3.80. The first-order valence-corrected chi connectivity index (χ1v) is 5.33. The summed E-state index contributed by atoms with van der Waals surface area (Å²) in [6.45, 7) is 9.40. The van der Waals surface area contributed by atoms with Crippen molar-refractivity contribution in [1.29, 1.82) is 0 Å². The van der Waals surface area contributed by atoms with Crippen molar-refractivity contribution in [1.82, 2.24) is 10.2 Å². The maximum Gasteiger partial charge on any atom is 0.0163 e. The first kappa shape index (κ1) is 10.7. The van der Waals surface area contributed by atoms with Crippen molar-refractivity contribution < 1.29 is 0 Å². The van der Waals surface area contributed by atoms with Crippen LogP contribution in [0.15, 0.2) is 12.7 Å². The van der Waals surface area contributed by atoms with Gasteiger partial charge in [0.15, 0.2) is 0 Å². The van der Waals surface area contributed by atoms with E-state index < -0.39 is 0 Å². The third kappa shape index (κ3) is 2.55. The van der Waals surface area contributed by atoms with Crippen molar-refractivity contribution in [2.45, 2.75) is 25.8 Å². The van der Waals surface area contributed by atoms with Crippen LogP contribution in [0.4, 0.5) is 0 Å². The molecular formula is C11H22N2. The summed E-state index contributed by atoms with van der Waals surface area (Å²) < 4.78 is 0. The van der Waals surface area contributed by atoms with Gasteiger partial charge >= 0.3 is 0 Å². The second-order valence-electron chi connectivity index (χ2n) is 3.84. The van der Waals surface area contributed by atoms with E-state index in [1.807, 2.05) is 13.1 Å². The van der Waals surface area contributed by atoms with Crippen LogP contribution in [0.1, 0.15) is 19.8 Å². The molecular weight excluding hydrogens is 160 g/mol. The molecule has 2 unspecified atom stereocenters. The molecule has 0 amide bonds. The highest BCUT2D eigenvalue weighted by atomic mass is 15.2. The monoisotopic (exact) mass is 182 g/mol. The van der Waals surface area contributed by atoms with E-state index in [4.69, 9.17) is 0 Å². The molecule has 1 aliphatic rings. The second kappa shape index (κ2) is 5.40. The fourth-order valence-electron chi connectivity index (χ4n) is 2.20. The lowest BCUT2D eigenvalue weighted by atomic mass is 9.78. The Balaban J connectivity index is 2.35. The quantitative estimate of drug-likeness (QED) is 0.626. The van der Waals surface area contributed by atoms with Crippen LogP contribution in [0.25, 0.3) is 0 Å². The average Bonchev–Trinajstić information content (AvgIpc) is 2.11. The number of rotatable bonds is 6. The summed E-state index contributed by atoms with van der Waals surface area (Å²) in [5, 5.41) is 3.27. The highest BCUT2D eigenvalue weighted by Crippen LogP contribution is 2.31. The Morgan fingerprint density at radius 2 is 2.31 bits per heavy atom. The Bertz CT molecular complexity index is 156. The molecule has 0 radical (unpaired) electrons. The van der Waals surface area contributed by atoms with Gasteiger partial charge in [-0.2, -0.15) is 0 Å². The van der Waals surface area contributed by atoms with Crippen LogP contribution >= 0.6 is 0 Å². The van der Waals surface area contributed by atoms with Crippen molar-refractivity contribution >= 4 is 0 Å². The van der Waals surface area contributed by atoms with E-state index in [1.54, 1.807) is 0 Å². The van der Waals surface area contributed by atoms with Crippen LogP contribution in [0, 0.1) is 5.92 Å². The predicted octanol–water partition coefficient (Wildman–Crippen LogP) is 1.49. The lowest BCUT2D eigenvalue weighted by Crippen LogP contribution is -2.50. The molecule has 0 saturated heterocycles. The van der Waals surface area contributed by atoms with Gasteiger partial charge in [0, 0.05) is 12.6 Å². The highest BCUT2D eigenvalue weighted by Gasteiger charge is 2.33. The topological polar surface area (TPSA) is 15.3 Å². The Morgan fingerprint density at radius 3 is 2.69 bits per heavy atom. The van der Waals surface area contributed by atoms with Gasteiger partial charge in [-0.25, -0.2) is 0 Å². The minimum absolute atomic E-state index is 0.801. The van der Waals surface area contributed by atoms with Gasteiger partial charge in [0.25, 0.3) is 0 Å². The van der Waals surface area contributed by atoms with Crippen molar-refractivity contribution in [2.75, 3.05) is 26.7 Å². The molecule has 0 aromatic heterocycles. The van der Waals surface area contributed by atoms with Crippen LogP contribution in [-0.2, 0) is 0 Å². The largest absolute Gasteiger partial charge is 0.319 e. The fraction of sp³-hybridized carbons (Fsp3) is 0.818. The molecule has 0 bridgehead atoms. The minimum atomic E-state index is 0.801.